The van der Waals surface area contributed by atoms with E-state index in [9.17, 15) is 0 Å². The average molecular weight is 262 g/mol. The highest BCUT2D eigenvalue weighted by Crippen LogP contribution is 2.32. The first-order chi connectivity index (χ1) is 9.36. The van der Waals surface area contributed by atoms with Crippen molar-refractivity contribution in [3.05, 3.63) is 12.4 Å². The van der Waals surface area contributed by atoms with Gasteiger partial charge in [-0.05, 0) is 32.2 Å². The van der Waals surface area contributed by atoms with Gasteiger partial charge in [-0.25, -0.2) is 9.97 Å². The van der Waals surface area contributed by atoms with E-state index in [1.165, 1.54) is 32.1 Å². The van der Waals surface area contributed by atoms with Crippen LogP contribution in [0.3, 0.4) is 0 Å². The van der Waals surface area contributed by atoms with E-state index in [0.717, 1.165) is 18.9 Å². The normalized spacial score (nSPS) is 23.1. The Bertz CT molecular complexity index is 416. The molecule has 1 aliphatic heterocycles. The first kappa shape index (κ1) is 12.7. The number of nitrogens with one attached hydrogen (secondary N) is 1. The summed E-state index contributed by atoms with van der Waals surface area (Å²) >= 11 is 0. The maximum atomic E-state index is 5.20. The van der Waals surface area contributed by atoms with Crippen molar-refractivity contribution in [3.8, 4) is 5.88 Å². The van der Waals surface area contributed by atoms with Crippen molar-refractivity contribution in [3.63, 3.8) is 0 Å². The van der Waals surface area contributed by atoms with E-state index in [1.807, 2.05) is 6.07 Å². The smallest absolute Gasteiger partial charge is 0.218 e. The van der Waals surface area contributed by atoms with E-state index < -0.39 is 0 Å². The highest BCUT2D eigenvalue weighted by Gasteiger charge is 2.32. The molecular weight excluding hydrogens is 240 g/mol. The Morgan fingerprint density at radius 2 is 2.21 bits per heavy atom. The van der Waals surface area contributed by atoms with Gasteiger partial charge < -0.3 is 15.0 Å². The van der Waals surface area contributed by atoms with Gasteiger partial charge in [-0.1, -0.05) is 6.42 Å². The minimum absolute atomic E-state index is 0.593. The maximum Gasteiger partial charge on any atom is 0.218 e. The van der Waals surface area contributed by atoms with Gasteiger partial charge in [0.2, 0.25) is 5.88 Å². The molecule has 5 heteroatoms. The molecule has 1 aliphatic carbocycles. The van der Waals surface area contributed by atoms with Crippen molar-refractivity contribution >= 4 is 5.82 Å². The summed E-state index contributed by atoms with van der Waals surface area (Å²) in [4.78, 5) is 10.9. The predicted molar refractivity (Wildman–Crippen MR) is 74.6 cm³/mol. The van der Waals surface area contributed by atoms with Gasteiger partial charge in [-0.2, -0.15) is 0 Å². The fourth-order valence-corrected chi connectivity index (χ4v) is 2.73. The SMILES string of the molecule is COc1cc(N(CC2CCCCN2)C2CC2)ncn1. The van der Waals surface area contributed by atoms with E-state index in [1.54, 1.807) is 13.4 Å². The van der Waals surface area contributed by atoms with Gasteiger partial charge in [0, 0.05) is 24.7 Å². The topological polar surface area (TPSA) is 50.3 Å². The Labute approximate surface area is 114 Å². The van der Waals surface area contributed by atoms with Gasteiger partial charge in [0.05, 0.1) is 7.11 Å². The van der Waals surface area contributed by atoms with Crippen LogP contribution in [-0.4, -0.2) is 42.3 Å². The molecule has 1 atom stereocenters. The zero-order valence-electron chi connectivity index (χ0n) is 11.5. The Morgan fingerprint density at radius 1 is 1.32 bits per heavy atom. The second-order valence-corrected chi connectivity index (χ2v) is 5.45. The van der Waals surface area contributed by atoms with Gasteiger partial charge in [-0.3, -0.25) is 0 Å². The molecule has 2 heterocycles. The summed E-state index contributed by atoms with van der Waals surface area (Å²) < 4.78 is 5.20. The van der Waals surface area contributed by atoms with Crippen LogP contribution in [0.1, 0.15) is 32.1 Å². The molecule has 2 aliphatic rings. The number of nitrogens with zero attached hydrogens (tertiary/aromatic N) is 3. The number of anilines is 1. The number of piperidine rings is 1. The van der Waals surface area contributed by atoms with Crippen LogP contribution in [0.15, 0.2) is 12.4 Å². The van der Waals surface area contributed by atoms with Crippen LogP contribution in [-0.2, 0) is 0 Å². The zero-order valence-corrected chi connectivity index (χ0v) is 11.5. The minimum atomic E-state index is 0.593. The molecule has 1 aromatic rings. The van der Waals surface area contributed by atoms with Crippen molar-refractivity contribution in [1.29, 1.82) is 0 Å². The van der Waals surface area contributed by atoms with Crippen molar-refractivity contribution in [1.82, 2.24) is 15.3 Å². The Kier molecular flexibility index (Phi) is 3.82. The lowest BCUT2D eigenvalue weighted by atomic mass is 10.0. The summed E-state index contributed by atoms with van der Waals surface area (Å²) in [5, 5.41) is 3.61. The second kappa shape index (κ2) is 5.74. The summed E-state index contributed by atoms with van der Waals surface area (Å²) in [6, 6.07) is 3.19. The monoisotopic (exact) mass is 262 g/mol. The molecule has 1 aromatic heterocycles. The van der Waals surface area contributed by atoms with Crippen LogP contribution >= 0.6 is 0 Å². The predicted octanol–water partition coefficient (Wildman–Crippen LogP) is 1.60. The summed E-state index contributed by atoms with van der Waals surface area (Å²) in [7, 11) is 1.65. The van der Waals surface area contributed by atoms with E-state index in [0.29, 0.717) is 18.0 Å². The molecule has 0 bridgehead atoms. The highest BCUT2D eigenvalue weighted by atomic mass is 16.5. The van der Waals surface area contributed by atoms with E-state index >= 15 is 0 Å². The molecule has 19 heavy (non-hydrogen) atoms. The summed E-state index contributed by atoms with van der Waals surface area (Å²) in [6.45, 7) is 2.20. The molecule has 5 nitrogen and oxygen atoms in total. The third kappa shape index (κ3) is 3.15. The average Bonchev–Trinajstić information content (AvgIpc) is 3.30. The van der Waals surface area contributed by atoms with Crippen molar-refractivity contribution in [2.24, 2.45) is 0 Å². The molecule has 0 aromatic carbocycles. The number of rotatable bonds is 5. The largest absolute Gasteiger partial charge is 0.481 e. The van der Waals surface area contributed by atoms with Crippen LogP contribution in [0.2, 0.25) is 0 Å². The lowest BCUT2D eigenvalue weighted by Crippen LogP contribution is -2.44. The third-order valence-electron chi connectivity index (χ3n) is 3.95. The lowest BCUT2D eigenvalue weighted by molar-refractivity contribution is 0.392. The molecule has 3 rings (SSSR count). The highest BCUT2D eigenvalue weighted by molar-refractivity contribution is 5.43. The summed E-state index contributed by atoms with van der Waals surface area (Å²) in [5.74, 6) is 1.65. The number of hydrogen-bond donors (Lipinski definition) is 1. The van der Waals surface area contributed by atoms with E-state index in [4.69, 9.17) is 4.74 Å². The molecule has 0 amide bonds. The number of methoxy groups -OCH3 is 1. The van der Waals surface area contributed by atoms with E-state index in [2.05, 4.69) is 20.2 Å². The quantitative estimate of drug-likeness (QED) is 0.873. The molecule has 1 unspecified atom stereocenters. The number of ether oxygens (including phenoxy) is 1. The molecule has 0 radical (unpaired) electrons. The summed E-state index contributed by atoms with van der Waals surface area (Å²) in [5.41, 5.74) is 0. The van der Waals surface area contributed by atoms with Gasteiger partial charge in [0.15, 0.2) is 0 Å². The first-order valence-corrected chi connectivity index (χ1v) is 7.23. The molecule has 1 saturated carbocycles. The lowest BCUT2D eigenvalue weighted by Gasteiger charge is -2.31. The molecule has 104 valence electrons. The number of hydrogen-bond acceptors (Lipinski definition) is 5. The maximum absolute atomic E-state index is 5.20. The fourth-order valence-electron chi connectivity index (χ4n) is 2.73. The Hall–Kier alpha value is -1.36. The molecule has 2 fully saturated rings. The fraction of sp³-hybridized carbons (Fsp3) is 0.714. The first-order valence-electron chi connectivity index (χ1n) is 7.23. The van der Waals surface area contributed by atoms with Crippen LogP contribution < -0.4 is 15.0 Å². The van der Waals surface area contributed by atoms with Gasteiger partial charge in [0.1, 0.15) is 12.1 Å². The molecule has 1 saturated heterocycles. The minimum Gasteiger partial charge on any atom is -0.481 e. The zero-order chi connectivity index (χ0) is 13.1. The van der Waals surface area contributed by atoms with Crippen molar-refractivity contribution in [2.45, 2.75) is 44.2 Å². The number of aromatic nitrogens is 2. The Morgan fingerprint density at radius 3 is 2.89 bits per heavy atom. The van der Waals surface area contributed by atoms with E-state index in [-0.39, 0.29) is 0 Å². The van der Waals surface area contributed by atoms with Gasteiger partial charge in [0.25, 0.3) is 0 Å². The third-order valence-corrected chi connectivity index (χ3v) is 3.95. The standard InChI is InChI=1S/C14H22N4O/c1-19-14-8-13(16-10-17-14)18(12-5-6-12)9-11-4-2-3-7-15-11/h8,10-12,15H,2-7,9H2,1H3. The van der Waals surface area contributed by atoms with Crippen molar-refractivity contribution < 1.29 is 4.74 Å². The summed E-state index contributed by atoms with van der Waals surface area (Å²) in [6.07, 6.45) is 8.06. The van der Waals surface area contributed by atoms with Crippen LogP contribution in [0.5, 0.6) is 5.88 Å². The van der Waals surface area contributed by atoms with Crippen molar-refractivity contribution in [2.75, 3.05) is 25.1 Å². The van der Waals surface area contributed by atoms with Gasteiger partial charge in [-0.15, -0.1) is 0 Å². The second-order valence-electron chi connectivity index (χ2n) is 5.45. The molecule has 0 spiro atoms. The Balaban J connectivity index is 1.72. The van der Waals surface area contributed by atoms with Crippen LogP contribution in [0.4, 0.5) is 5.82 Å². The van der Waals surface area contributed by atoms with Crippen LogP contribution in [0.25, 0.3) is 0 Å². The van der Waals surface area contributed by atoms with Gasteiger partial charge >= 0.3 is 0 Å². The van der Waals surface area contributed by atoms with Crippen LogP contribution in [0, 0.1) is 0 Å². The molecular formula is C14H22N4O. The molecule has 1 N–H and O–H groups in total.